The van der Waals surface area contributed by atoms with Crippen LogP contribution in [-0.2, 0) is 0 Å². The molecular formula is C5H14N2O2. The van der Waals surface area contributed by atoms with E-state index in [1.807, 2.05) is 19.3 Å². The van der Waals surface area contributed by atoms with Crippen LogP contribution in [0.25, 0.3) is 0 Å². The van der Waals surface area contributed by atoms with E-state index < -0.39 is 0 Å². The Morgan fingerprint density at radius 2 is 2.11 bits per heavy atom. The topological polar surface area (TPSA) is 55.7 Å². The van der Waals surface area contributed by atoms with E-state index in [9.17, 15) is 0 Å². The zero-order valence-corrected chi connectivity index (χ0v) is 5.83. The van der Waals surface area contributed by atoms with Crippen LogP contribution in [0.1, 0.15) is 13.8 Å². The van der Waals surface area contributed by atoms with Gasteiger partial charge >= 0.3 is 0 Å². The van der Waals surface area contributed by atoms with Crippen molar-refractivity contribution in [1.82, 2.24) is 10.5 Å². The minimum atomic E-state index is 0.110. The van der Waals surface area contributed by atoms with Crippen LogP contribution in [0.15, 0.2) is 0 Å². The van der Waals surface area contributed by atoms with Gasteiger partial charge < -0.3 is 10.4 Å². The second kappa shape index (κ2) is 4.69. The lowest BCUT2D eigenvalue weighted by Gasteiger charge is -2.17. The number of nitrogens with zero attached hydrogens (tertiary/aromatic N) is 1. The van der Waals surface area contributed by atoms with Gasteiger partial charge in [-0.3, -0.25) is 0 Å². The summed E-state index contributed by atoms with van der Waals surface area (Å²) in [6.07, 6.45) is 0. The number of nitrogens with one attached hydrogen (secondary N) is 1. The summed E-state index contributed by atoms with van der Waals surface area (Å²) in [6, 6.07) is 0.110. The Morgan fingerprint density at radius 1 is 1.56 bits per heavy atom. The Labute approximate surface area is 55.0 Å². The molecule has 0 bridgehead atoms. The lowest BCUT2D eigenvalue weighted by atomic mass is 10.4. The quantitative estimate of drug-likeness (QED) is 0.476. The molecule has 0 spiro atoms. The first-order valence-corrected chi connectivity index (χ1v) is 3.01. The molecule has 0 saturated carbocycles. The smallest absolute Gasteiger partial charge is 0.0389 e. The van der Waals surface area contributed by atoms with Crippen molar-refractivity contribution in [2.45, 2.75) is 19.9 Å². The van der Waals surface area contributed by atoms with Gasteiger partial charge in [-0.1, -0.05) is 0 Å². The maximum absolute atomic E-state index is 8.94. The minimum Gasteiger partial charge on any atom is -0.317 e. The van der Waals surface area contributed by atoms with Gasteiger partial charge in [-0.25, -0.2) is 5.48 Å². The molecule has 3 N–H and O–H groups in total. The molecule has 0 heterocycles. The number of hydroxylamine groups is 3. The molecule has 0 aromatic rings. The lowest BCUT2D eigenvalue weighted by Crippen LogP contribution is -2.33. The molecule has 4 heteroatoms. The third-order valence-electron chi connectivity index (χ3n) is 1.05. The van der Waals surface area contributed by atoms with Crippen molar-refractivity contribution in [2.75, 3.05) is 13.1 Å². The van der Waals surface area contributed by atoms with Gasteiger partial charge in [0.05, 0.1) is 0 Å². The second-order valence-corrected chi connectivity index (χ2v) is 2.16. The molecule has 0 rings (SSSR count). The average Bonchev–Trinajstić information content (AvgIpc) is 1.82. The number of rotatable bonds is 4. The van der Waals surface area contributed by atoms with E-state index in [4.69, 9.17) is 10.4 Å². The molecule has 0 unspecified atom stereocenters. The zero-order chi connectivity index (χ0) is 7.28. The van der Waals surface area contributed by atoms with E-state index >= 15 is 0 Å². The van der Waals surface area contributed by atoms with Gasteiger partial charge in [0.1, 0.15) is 0 Å². The fraction of sp³-hybridized carbons (Fsp3) is 1.00. The zero-order valence-electron chi connectivity index (χ0n) is 5.83. The number of hydrogen-bond acceptors (Lipinski definition) is 4. The molecular weight excluding hydrogens is 120 g/mol. The van der Waals surface area contributed by atoms with Gasteiger partial charge in [0.15, 0.2) is 0 Å². The van der Waals surface area contributed by atoms with Gasteiger partial charge in [-0.15, -0.1) is 0 Å². The van der Waals surface area contributed by atoms with Crippen molar-refractivity contribution in [2.24, 2.45) is 0 Å². The standard InChI is InChI=1S/C5H14N2O2/c1-5(2)7(9)4-3-6-8/h5-6,8-9H,3-4H2,1-2H3. The molecule has 0 aliphatic heterocycles. The summed E-state index contributed by atoms with van der Waals surface area (Å²) in [6.45, 7) is 4.57. The van der Waals surface area contributed by atoms with Crippen molar-refractivity contribution in [3.8, 4) is 0 Å². The van der Waals surface area contributed by atoms with Crippen LogP contribution in [0.5, 0.6) is 0 Å². The Hall–Kier alpha value is -0.160. The molecule has 0 saturated heterocycles. The molecule has 4 nitrogen and oxygen atoms in total. The molecule has 0 aromatic heterocycles. The predicted molar refractivity (Wildman–Crippen MR) is 33.4 cm³/mol. The highest BCUT2D eigenvalue weighted by atomic mass is 16.5. The highest BCUT2D eigenvalue weighted by molar-refractivity contribution is 4.50. The molecule has 0 atom stereocenters. The summed E-state index contributed by atoms with van der Waals surface area (Å²) in [5.74, 6) is 0. The Kier molecular flexibility index (Phi) is 4.61. The van der Waals surface area contributed by atoms with E-state index in [-0.39, 0.29) is 6.04 Å². The maximum Gasteiger partial charge on any atom is 0.0389 e. The van der Waals surface area contributed by atoms with Crippen LogP contribution in [0, 0.1) is 0 Å². The Bertz CT molecular complexity index is 68.0. The fourth-order valence-corrected chi connectivity index (χ4v) is 0.423. The van der Waals surface area contributed by atoms with Crippen LogP contribution in [0.3, 0.4) is 0 Å². The van der Waals surface area contributed by atoms with Crippen LogP contribution < -0.4 is 5.48 Å². The summed E-state index contributed by atoms with van der Waals surface area (Å²) in [5, 5.41) is 18.2. The summed E-state index contributed by atoms with van der Waals surface area (Å²) < 4.78 is 0. The number of hydrogen-bond donors (Lipinski definition) is 3. The van der Waals surface area contributed by atoms with Gasteiger partial charge in [0.25, 0.3) is 0 Å². The Morgan fingerprint density at radius 3 is 2.44 bits per heavy atom. The van der Waals surface area contributed by atoms with E-state index in [1.165, 1.54) is 0 Å². The molecule has 0 aliphatic carbocycles. The van der Waals surface area contributed by atoms with Gasteiger partial charge in [-0.05, 0) is 13.8 Å². The van der Waals surface area contributed by atoms with Crippen LogP contribution in [0.4, 0.5) is 0 Å². The summed E-state index contributed by atoms with van der Waals surface area (Å²) in [5.41, 5.74) is 1.95. The van der Waals surface area contributed by atoms with Crippen molar-refractivity contribution < 1.29 is 10.4 Å². The van der Waals surface area contributed by atoms with Gasteiger partial charge in [0.2, 0.25) is 0 Å². The first-order chi connectivity index (χ1) is 4.18. The third-order valence-corrected chi connectivity index (χ3v) is 1.05. The molecule has 9 heavy (non-hydrogen) atoms. The van der Waals surface area contributed by atoms with Crippen LogP contribution in [0.2, 0.25) is 0 Å². The highest BCUT2D eigenvalue weighted by Crippen LogP contribution is 1.89. The third kappa shape index (κ3) is 4.35. The van der Waals surface area contributed by atoms with Gasteiger partial charge in [0, 0.05) is 19.1 Å². The monoisotopic (exact) mass is 134 g/mol. The van der Waals surface area contributed by atoms with E-state index in [0.717, 1.165) is 5.06 Å². The second-order valence-electron chi connectivity index (χ2n) is 2.16. The summed E-state index contributed by atoms with van der Waals surface area (Å²) in [4.78, 5) is 0. The lowest BCUT2D eigenvalue weighted by molar-refractivity contribution is -0.119. The van der Waals surface area contributed by atoms with Crippen LogP contribution in [-0.4, -0.2) is 34.6 Å². The fourth-order valence-electron chi connectivity index (χ4n) is 0.423. The van der Waals surface area contributed by atoms with E-state index in [0.29, 0.717) is 13.1 Å². The van der Waals surface area contributed by atoms with E-state index in [1.54, 1.807) is 0 Å². The minimum absolute atomic E-state index is 0.110. The van der Waals surface area contributed by atoms with E-state index in [2.05, 4.69) is 0 Å². The molecule has 0 amide bonds. The summed E-state index contributed by atoms with van der Waals surface area (Å²) in [7, 11) is 0. The molecule has 56 valence electrons. The molecule has 0 fully saturated rings. The van der Waals surface area contributed by atoms with Crippen LogP contribution >= 0.6 is 0 Å². The highest BCUT2D eigenvalue weighted by Gasteiger charge is 2.02. The predicted octanol–water partition coefficient (Wildman–Crippen LogP) is 0.0648. The maximum atomic E-state index is 8.94. The van der Waals surface area contributed by atoms with Crippen molar-refractivity contribution in [3.05, 3.63) is 0 Å². The largest absolute Gasteiger partial charge is 0.317 e. The molecule has 0 radical (unpaired) electrons. The first kappa shape index (κ1) is 8.84. The molecule has 0 aromatic carbocycles. The van der Waals surface area contributed by atoms with Crippen molar-refractivity contribution in [3.63, 3.8) is 0 Å². The van der Waals surface area contributed by atoms with Crippen molar-refractivity contribution in [1.29, 1.82) is 0 Å². The van der Waals surface area contributed by atoms with Gasteiger partial charge in [-0.2, -0.15) is 5.06 Å². The van der Waals surface area contributed by atoms with Crippen molar-refractivity contribution >= 4 is 0 Å². The average molecular weight is 134 g/mol. The molecule has 0 aliphatic rings. The normalized spacial score (nSPS) is 11.3. The SMILES string of the molecule is CC(C)N(O)CCNO. The summed E-state index contributed by atoms with van der Waals surface area (Å²) >= 11 is 0. The first-order valence-electron chi connectivity index (χ1n) is 3.01. The Balaban J connectivity index is 3.16.